The maximum Gasteiger partial charge on any atom is 0.203 e. The van der Waals surface area contributed by atoms with E-state index in [1.165, 1.54) is 22.6 Å². The van der Waals surface area contributed by atoms with Crippen molar-refractivity contribution in [2.45, 2.75) is 38.7 Å². The van der Waals surface area contributed by atoms with Crippen LogP contribution in [0.3, 0.4) is 0 Å². The number of benzene rings is 2. The van der Waals surface area contributed by atoms with Crippen LogP contribution in [0.5, 0.6) is 0 Å². The van der Waals surface area contributed by atoms with Gasteiger partial charge in [-0.3, -0.25) is 4.57 Å². The first kappa shape index (κ1) is 19.9. The van der Waals surface area contributed by atoms with Gasteiger partial charge in [0.25, 0.3) is 0 Å². The average molecular weight is 414 g/mol. The number of quaternary nitrogens is 1. The van der Waals surface area contributed by atoms with Crippen LogP contribution in [-0.4, -0.2) is 34.1 Å². The first-order chi connectivity index (χ1) is 14.1. The van der Waals surface area contributed by atoms with Crippen molar-refractivity contribution < 1.29 is 14.0 Å². The number of aromatic nitrogens is 3. The Hall–Kier alpha value is -2.35. The van der Waals surface area contributed by atoms with Crippen LogP contribution in [0.2, 0.25) is 0 Å². The van der Waals surface area contributed by atoms with Crippen LogP contribution in [0.1, 0.15) is 18.4 Å². The smallest absolute Gasteiger partial charge is 0.203 e. The van der Waals surface area contributed by atoms with Gasteiger partial charge in [0, 0.05) is 17.7 Å². The van der Waals surface area contributed by atoms with Crippen LogP contribution in [0, 0.1) is 10.6 Å². The molecule has 0 bridgehead atoms. The van der Waals surface area contributed by atoms with Crippen molar-refractivity contribution in [3.8, 4) is 11.4 Å². The fourth-order valence-corrected chi connectivity index (χ4v) is 4.04. The molecule has 2 aromatic carbocycles. The van der Waals surface area contributed by atoms with Crippen LogP contribution < -0.4 is 4.90 Å². The number of ether oxygens (including phenoxy) is 1. The van der Waals surface area contributed by atoms with Gasteiger partial charge in [-0.05, 0) is 49.3 Å². The minimum Gasteiger partial charge on any atom is -0.376 e. The van der Waals surface area contributed by atoms with Crippen LogP contribution in [-0.2, 0) is 24.5 Å². The van der Waals surface area contributed by atoms with E-state index < -0.39 is 0 Å². The molecule has 0 aliphatic carbocycles. The maximum atomic E-state index is 13.4. The fraction of sp³-hybridized carbons (Fsp3) is 0.364. The molecular weight excluding hydrogens is 387 g/mol. The summed E-state index contributed by atoms with van der Waals surface area (Å²) in [4.78, 5) is 1.28. The third-order valence-electron chi connectivity index (χ3n) is 5.20. The van der Waals surface area contributed by atoms with Gasteiger partial charge in [-0.25, -0.2) is 4.39 Å². The molecule has 0 radical (unpaired) electrons. The summed E-state index contributed by atoms with van der Waals surface area (Å²) in [5, 5.41) is 4.81. The highest BCUT2D eigenvalue weighted by atomic mass is 32.1. The van der Waals surface area contributed by atoms with Crippen LogP contribution in [0.15, 0.2) is 54.6 Å². The predicted molar refractivity (Wildman–Crippen MR) is 112 cm³/mol. The number of hydrogen-bond acceptors (Lipinski definition) is 3. The highest BCUT2D eigenvalue weighted by molar-refractivity contribution is 7.71. The molecule has 1 unspecified atom stereocenters. The van der Waals surface area contributed by atoms with Crippen LogP contribution in [0.4, 0.5) is 4.39 Å². The van der Waals surface area contributed by atoms with E-state index in [-0.39, 0.29) is 11.9 Å². The predicted octanol–water partition coefficient (Wildman–Crippen LogP) is 3.07. The Kier molecular flexibility index (Phi) is 6.18. The highest BCUT2D eigenvalue weighted by Gasteiger charge is 2.21. The first-order valence-corrected chi connectivity index (χ1v) is 10.4. The molecule has 1 saturated heterocycles. The molecule has 1 fully saturated rings. The minimum absolute atomic E-state index is 0.146. The van der Waals surface area contributed by atoms with E-state index >= 15 is 0 Å². The molecule has 1 aliphatic heterocycles. The molecule has 1 aromatic heterocycles. The minimum atomic E-state index is -0.260. The van der Waals surface area contributed by atoms with Gasteiger partial charge in [-0.2, -0.15) is 4.68 Å². The van der Waals surface area contributed by atoms with Crippen molar-refractivity contribution in [1.82, 2.24) is 14.3 Å². The summed E-state index contributed by atoms with van der Waals surface area (Å²) in [6.45, 7) is 3.00. The normalized spacial score (nSPS) is 17.5. The van der Waals surface area contributed by atoms with Crippen LogP contribution in [0.25, 0.3) is 11.4 Å². The SMILES string of the molecule is C[NH+](Cc1ccccc1)Cn1nc(-c2ccc(F)cc2)n(C[C@@H]2CCCO2)c1=S. The lowest BCUT2D eigenvalue weighted by Gasteiger charge is -2.14. The third kappa shape index (κ3) is 4.80. The average Bonchev–Trinajstić information content (AvgIpc) is 3.33. The van der Waals surface area contributed by atoms with Gasteiger partial charge >= 0.3 is 0 Å². The van der Waals surface area contributed by atoms with E-state index in [2.05, 4.69) is 31.3 Å². The zero-order valence-electron chi connectivity index (χ0n) is 16.6. The molecule has 0 amide bonds. The second kappa shape index (κ2) is 8.98. The zero-order valence-corrected chi connectivity index (χ0v) is 17.4. The molecule has 0 saturated carbocycles. The van der Waals surface area contributed by atoms with Crippen molar-refractivity contribution in [2.75, 3.05) is 13.7 Å². The molecule has 2 atom stereocenters. The van der Waals surface area contributed by atoms with E-state index in [1.807, 2.05) is 15.3 Å². The Bertz CT molecular complexity index is 994. The van der Waals surface area contributed by atoms with E-state index in [9.17, 15) is 4.39 Å². The number of nitrogens with zero attached hydrogens (tertiary/aromatic N) is 3. The second-order valence-corrected chi connectivity index (χ2v) is 8.00. The van der Waals surface area contributed by atoms with Gasteiger partial charge in [0.2, 0.25) is 4.77 Å². The van der Waals surface area contributed by atoms with Crippen molar-refractivity contribution in [3.05, 3.63) is 70.7 Å². The van der Waals surface area contributed by atoms with E-state index in [4.69, 9.17) is 22.1 Å². The standard InChI is InChI=1S/C22H25FN4OS/c1-25(14-17-6-3-2-4-7-17)16-27-22(29)26(15-20-8-5-13-28-20)21(24-27)18-9-11-19(23)12-10-18/h2-4,6-7,9-12,20H,5,8,13-16H2,1H3/p+1/t20-/m0/s1. The molecule has 1 aliphatic rings. The summed E-state index contributed by atoms with van der Waals surface area (Å²) < 4.78 is 23.8. The number of nitrogens with one attached hydrogen (secondary N) is 1. The first-order valence-electron chi connectivity index (χ1n) is 10.0. The quantitative estimate of drug-likeness (QED) is 0.605. The molecule has 7 heteroatoms. The monoisotopic (exact) mass is 413 g/mol. The molecule has 3 aromatic rings. The molecule has 152 valence electrons. The van der Waals surface area contributed by atoms with Gasteiger partial charge in [0.15, 0.2) is 12.5 Å². The van der Waals surface area contributed by atoms with Crippen LogP contribution >= 0.6 is 12.2 Å². The number of halogens is 1. The summed E-state index contributed by atoms with van der Waals surface area (Å²) >= 11 is 5.78. The lowest BCUT2D eigenvalue weighted by atomic mass is 10.2. The van der Waals surface area contributed by atoms with Gasteiger partial charge in [0.1, 0.15) is 12.4 Å². The Morgan fingerprint density at radius 3 is 2.62 bits per heavy atom. The topological polar surface area (TPSA) is 36.4 Å². The zero-order chi connectivity index (χ0) is 20.2. The summed E-state index contributed by atoms with van der Waals surface area (Å²) in [6.07, 6.45) is 2.24. The van der Waals surface area contributed by atoms with Crippen molar-refractivity contribution in [2.24, 2.45) is 0 Å². The lowest BCUT2D eigenvalue weighted by Crippen LogP contribution is -3.07. The Morgan fingerprint density at radius 2 is 1.93 bits per heavy atom. The van der Waals surface area contributed by atoms with Gasteiger partial charge < -0.3 is 9.64 Å². The third-order valence-corrected chi connectivity index (χ3v) is 5.63. The van der Waals surface area contributed by atoms with E-state index in [0.717, 1.165) is 37.4 Å². The molecular formula is C22H26FN4OS+. The largest absolute Gasteiger partial charge is 0.376 e. The van der Waals surface area contributed by atoms with E-state index in [1.54, 1.807) is 12.1 Å². The fourth-order valence-electron chi connectivity index (χ4n) is 3.77. The summed E-state index contributed by atoms with van der Waals surface area (Å²) in [7, 11) is 2.13. The van der Waals surface area contributed by atoms with Gasteiger partial charge in [-0.15, -0.1) is 5.10 Å². The molecule has 1 N–H and O–H groups in total. The Morgan fingerprint density at radius 1 is 1.17 bits per heavy atom. The maximum absolute atomic E-state index is 13.4. The van der Waals surface area contributed by atoms with Gasteiger partial charge in [-0.1, -0.05) is 30.3 Å². The van der Waals surface area contributed by atoms with Crippen molar-refractivity contribution >= 4 is 12.2 Å². The highest BCUT2D eigenvalue weighted by Crippen LogP contribution is 2.22. The molecule has 0 spiro atoms. The second-order valence-electron chi connectivity index (χ2n) is 7.64. The summed E-state index contributed by atoms with van der Waals surface area (Å²) in [6, 6.07) is 16.8. The molecule has 5 nitrogen and oxygen atoms in total. The summed E-state index contributed by atoms with van der Waals surface area (Å²) in [5.41, 5.74) is 2.13. The van der Waals surface area contributed by atoms with Crippen molar-refractivity contribution in [1.29, 1.82) is 0 Å². The molecule has 4 rings (SSSR count). The Labute approximate surface area is 175 Å². The summed E-state index contributed by atoms with van der Waals surface area (Å²) in [5.74, 6) is 0.502. The van der Waals surface area contributed by atoms with Gasteiger partial charge in [0.05, 0.1) is 19.7 Å². The Balaban J connectivity index is 1.61. The molecule has 2 heterocycles. The number of rotatable bonds is 7. The van der Waals surface area contributed by atoms with E-state index in [0.29, 0.717) is 18.0 Å². The van der Waals surface area contributed by atoms with Crippen molar-refractivity contribution in [3.63, 3.8) is 0 Å². The number of hydrogen-bond donors (Lipinski definition) is 1. The molecule has 29 heavy (non-hydrogen) atoms. The lowest BCUT2D eigenvalue weighted by molar-refractivity contribution is -0.917.